The zero-order chi connectivity index (χ0) is 10.9. The van der Waals surface area contributed by atoms with Crippen molar-refractivity contribution in [3.63, 3.8) is 0 Å². The van der Waals surface area contributed by atoms with E-state index in [4.69, 9.17) is 5.11 Å². The van der Waals surface area contributed by atoms with Crippen LogP contribution >= 0.6 is 0 Å². The van der Waals surface area contributed by atoms with Crippen LogP contribution in [0, 0.1) is 5.92 Å². The van der Waals surface area contributed by atoms with Crippen LogP contribution < -0.4 is 10.6 Å². The molecule has 1 aliphatic carbocycles. The Morgan fingerprint density at radius 2 is 1.80 bits per heavy atom. The van der Waals surface area contributed by atoms with Crippen LogP contribution in [-0.4, -0.2) is 37.4 Å². The average molecular weight is 214 g/mol. The van der Waals surface area contributed by atoms with Gasteiger partial charge in [0.2, 0.25) is 0 Å². The van der Waals surface area contributed by atoms with E-state index in [1.54, 1.807) is 0 Å². The molecule has 0 bridgehead atoms. The third-order valence-corrected chi connectivity index (χ3v) is 3.08. The maximum atomic E-state index is 9.03. The fraction of sp³-hybridized carbons (Fsp3) is 1.00. The zero-order valence-corrected chi connectivity index (χ0v) is 9.97. The highest BCUT2D eigenvalue weighted by molar-refractivity contribution is 4.68. The lowest BCUT2D eigenvalue weighted by Crippen LogP contribution is -2.34. The summed E-state index contributed by atoms with van der Waals surface area (Å²) < 4.78 is 0. The van der Waals surface area contributed by atoms with Crippen molar-refractivity contribution in [2.24, 2.45) is 5.92 Å². The third-order valence-electron chi connectivity index (χ3n) is 3.08. The minimum atomic E-state index is -0.233. The van der Waals surface area contributed by atoms with E-state index in [1.807, 2.05) is 6.92 Å². The zero-order valence-electron chi connectivity index (χ0n) is 9.97. The lowest BCUT2D eigenvalue weighted by molar-refractivity contribution is 0.191. The fourth-order valence-corrected chi connectivity index (χ4v) is 2.19. The van der Waals surface area contributed by atoms with Gasteiger partial charge in [-0.05, 0) is 32.2 Å². The van der Waals surface area contributed by atoms with Gasteiger partial charge in [0, 0.05) is 19.6 Å². The molecule has 90 valence electrons. The van der Waals surface area contributed by atoms with Crippen LogP contribution in [0.4, 0.5) is 0 Å². The summed E-state index contributed by atoms with van der Waals surface area (Å²) in [6.07, 6.45) is 6.87. The molecule has 1 rings (SSSR count). The van der Waals surface area contributed by atoms with E-state index in [9.17, 15) is 0 Å². The summed E-state index contributed by atoms with van der Waals surface area (Å²) in [4.78, 5) is 0. The largest absolute Gasteiger partial charge is 0.392 e. The summed E-state index contributed by atoms with van der Waals surface area (Å²) in [5.41, 5.74) is 0. The van der Waals surface area contributed by atoms with E-state index in [-0.39, 0.29) is 6.10 Å². The van der Waals surface area contributed by atoms with Crippen LogP contribution in [0.25, 0.3) is 0 Å². The first-order valence-corrected chi connectivity index (χ1v) is 6.38. The predicted octanol–water partition coefficient (Wildman–Crippen LogP) is 1.13. The number of aliphatic hydroxyl groups is 1. The van der Waals surface area contributed by atoms with Crippen LogP contribution in [0.2, 0.25) is 0 Å². The van der Waals surface area contributed by atoms with Crippen LogP contribution in [0.15, 0.2) is 0 Å². The first kappa shape index (κ1) is 12.9. The van der Waals surface area contributed by atoms with E-state index in [1.165, 1.54) is 38.6 Å². The van der Waals surface area contributed by atoms with Crippen molar-refractivity contribution in [1.29, 1.82) is 0 Å². The maximum Gasteiger partial charge on any atom is 0.0636 e. The molecule has 3 nitrogen and oxygen atoms in total. The molecule has 0 amide bonds. The smallest absolute Gasteiger partial charge is 0.0636 e. The van der Waals surface area contributed by atoms with Gasteiger partial charge >= 0.3 is 0 Å². The van der Waals surface area contributed by atoms with Crippen LogP contribution in [0.3, 0.4) is 0 Å². The minimum Gasteiger partial charge on any atom is -0.392 e. The molecule has 0 aromatic rings. The Kier molecular flexibility index (Phi) is 6.98. The Morgan fingerprint density at radius 1 is 1.13 bits per heavy atom. The molecule has 0 aromatic carbocycles. The Balaban J connectivity index is 1.83. The van der Waals surface area contributed by atoms with Gasteiger partial charge in [-0.25, -0.2) is 0 Å². The minimum absolute atomic E-state index is 0.233. The molecule has 1 aliphatic rings. The molecule has 15 heavy (non-hydrogen) atoms. The summed E-state index contributed by atoms with van der Waals surface area (Å²) in [7, 11) is 0. The monoisotopic (exact) mass is 214 g/mol. The van der Waals surface area contributed by atoms with Crippen molar-refractivity contribution in [2.75, 3.05) is 26.2 Å². The third kappa shape index (κ3) is 6.88. The summed E-state index contributed by atoms with van der Waals surface area (Å²) >= 11 is 0. The van der Waals surface area contributed by atoms with Gasteiger partial charge in [0.25, 0.3) is 0 Å². The second-order valence-corrected chi connectivity index (χ2v) is 4.76. The van der Waals surface area contributed by atoms with E-state index in [0.717, 1.165) is 19.0 Å². The Morgan fingerprint density at radius 3 is 2.47 bits per heavy atom. The molecule has 1 saturated carbocycles. The summed E-state index contributed by atoms with van der Waals surface area (Å²) in [5.74, 6) is 0.913. The molecule has 0 aromatic heterocycles. The Bertz CT molecular complexity index is 145. The molecule has 0 radical (unpaired) electrons. The topological polar surface area (TPSA) is 44.3 Å². The summed E-state index contributed by atoms with van der Waals surface area (Å²) in [6.45, 7) is 5.66. The second kappa shape index (κ2) is 8.08. The van der Waals surface area contributed by atoms with Crippen molar-refractivity contribution in [3.8, 4) is 0 Å². The van der Waals surface area contributed by atoms with Crippen molar-refractivity contribution >= 4 is 0 Å². The maximum absolute atomic E-state index is 9.03. The molecule has 1 atom stereocenters. The van der Waals surface area contributed by atoms with Gasteiger partial charge in [0.15, 0.2) is 0 Å². The highest BCUT2D eigenvalue weighted by Gasteiger charge is 2.11. The van der Waals surface area contributed by atoms with Crippen molar-refractivity contribution in [1.82, 2.24) is 10.6 Å². The number of aliphatic hydroxyl groups excluding tert-OH is 1. The van der Waals surface area contributed by atoms with Crippen molar-refractivity contribution in [2.45, 2.75) is 45.1 Å². The van der Waals surface area contributed by atoms with Gasteiger partial charge in [-0.2, -0.15) is 0 Å². The van der Waals surface area contributed by atoms with Crippen molar-refractivity contribution in [3.05, 3.63) is 0 Å². The van der Waals surface area contributed by atoms with Gasteiger partial charge in [-0.3, -0.25) is 0 Å². The van der Waals surface area contributed by atoms with Crippen LogP contribution in [-0.2, 0) is 0 Å². The van der Waals surface area contributed by atoms with Gasteiger partial charge < -0.3 is 15.7 Å². The van der Waals surface area contributed by atoms with E-state index < -0.39 is 0 Å². The Hall–Kier alpha value is -0.120. The average Bonchev–Trinajstić information content (AvgIpc) is 2.24. The number of rotatable bonds is 7. The normalized spacial score (nSPS) is 20.4. The molecule has 3 N–H and O–H groups in total. The standard InChI is InChI=1S/C12H26N2O/c1-11(15)9-13-7-8-14-10-12-5-3-2-4-6-12/h11-15H,2-10H2,1H3. The molecule has 0 heterocycles. The lowest BCUT2D eigenvalue weighted by atomic mass is 9.89. The second-order valence-electron chi connectivity index (χ2n) is 4.76. The van der Waals surface area contributed by atoms with Gasteiger partial charge in [0.05, 0.1) is 6.10 Å². The quantitative estimate of drug-likeness (QED) is 0.557. The predicted molar refractivity (Wildman–Crippen MR) is 64.0 cm³/mol. The van der Waals surface area contributed by atoms with Crippen LogP contribution in [0.5, 0.6) is 0 Å². The number of nitrogens with one attached hydrogen (secondary N) is 2. The number of hydrogen-bond acceptors (Lipinski definition) is 3. The van der Waals surface area contributed by atoms with E-state index >= 15 is 0 Å². The molecule has 0 aliphatic heterocycles. The van der Waals surface area contributed by atoms with Gasteiger partial charge in [0.1, 0.15) is 0 Å². The summed E-state index contributed by atoms with van der Waals surface area (Å²) in [6, 6.07) is 0. The fourth-order valence-electron chi connectivity index (χ4n) is 2.19. The van der Waals surface area contributed by atoms with Gasteiger partial charge in [-0.15, -0.1) is 0 Å². The lowest BCUT2D eigenvalue weighted by Gasteiger charge is -2.21. The molecule has 1 unspecified atom stereocenters. The van der Waals surface area contributed by atoms with Crippen molar-refractivity contribution < 1.29 is 5.11 Å². The molecule has 0 spiro atoms. The highest BCUT2D eigenvalue weighted by atomic mass is 16.3. The SMILES string of the molecule is CC(O)CNCCNCC1CCCCC1. The molecular formula is C12H26N2O. The first-order chi connectivity index (χ1) is 7.29. The number of hydrogen-bond donors (Lipinski definition) is 3. The molecule has 3 heteroatoms. The van der Waals surface area contributed by atoms with Gasteiger partial charge in [-0.1, -0.05) is 19.3 Å². The van der Waals surface area contributed by atoms with E-state index in [0.29, 0.717) is 6.54 Å². The van der Waals surface area contributed by atoms with Crippen LogP contribution in [0.1, 0.15) is 39.0 Å². The van der Waals surface area contributed by atoms with E-state index in [2.05, 4.69) is 10.6 Å². The molecular weight excluding hydrogens is 188 g/mol. The molecule has 1 fully saturated rings. The summed E-state index contributed by atoms with van der Waals surface area (Å²) in [5, 5.41) is 15.7. The highest BCUT2D eigenvalue weighted by Crippen LogP contribution is 2.22. The molecule has 0 saturated heterocycles. The first-order valence-electron chi connectivity index (χ1n) is 6.38. The Labute approximate surface area is 93.6 Å².